The van der Waals surface area contributed by atoms with Gasteiger partial charge in [0.15, 0.2) is 0 Å². The van der Waals surface area contributed by atoms with E-state index in [1.54, 1.807) is 6.92 Å². The van der Waals surface area contributed by atoms with E-state index in [1.807, 2.05) is 19.9 Å². The summed E-state index contributed by atoms with van der Waals surface area (Å²) in [5.74, 6) is -0.544. The summed E-state index contributed by atoms with van der Waals surface area (Å²) >= 11 is 0. The maximum atomic E-state index is 12.6. The number of carbonyl (C=O) groups is 1. The largest absolute Gasteiger partial charge is 0.325 e. The first-order valence-electron chi connectivity index (χ1n) is 7.65. The summed E-state index contributed by atoms with van der Waals surface area (Å²) in [5.41, 5.74) is 1.99. The van der Waals surface area contributed by atoms with Gasteiger partial charge in [-0.05, 0) is 25.3 Å². The Balaban J connectivity index is 3.20. The Hall–Kier alpha value is -2.82. The molecule has 0 aromatic carbocycles. The van der Waals surface area contributed by atoms with E-state index in [0.29, 0.717) is 16.7 Å². The summed E-state index contributed by atoms with van der Waals surface area (Å²) in [5, 5.41) is 22.6. The van der Waals surface area contributed by atoms with Gasteiger partial charge in [-0.3, -0.25) is 9.48 Å². The van der Waals surface area contributed by atoms with Crippen LogP contribution in [-0.2, 0) is 11.3 Å². The Morgan fingerprint density at radius 3 is 2.60 bits per heavy atom. The fourth-order valence-corrected chi connectivity index (χ4v) is 2.35. The number of nitrogens with one attached hydrogen (secondary N) is 2. The molecule has 0 spiro atoms. The first-order chi connectivity index (χ1) is 11.7. The lowest BCUT2D eigenvalue weighted by Crippen LogP contribution is -2.27. The average Bonchev–Trinajstić information content (AvgIpc) is 2.95. The van der Waals surface area contributed by atoms with Gasteiger partial charge in [0, 0.05) is 29.2 Å². The van der Waals surface area contributed by atoms with E-state index >= 15 is 0 Å². The van der Waals surface area contributed by atoms with Gasteiger partial charge >= 0.3 is 0 Å². The van der Waals surface area contributed by atoms with Gasteiger partial charge in [0.25, 0.3) is 12.3 Å². The van der Waals surface area contributed by atoms with Crippen LogP contribution in [0.15, 0.2) is 29.2 Å². The molecule has 0 radical (unpaired) electrons. The van der Waals surface area contributed by atoms with Crippen molar-refractivity contribution in [2.45, 2.75) is 40.7 Å². The summed E-state index contributed by atoms with van der Waals surface area (Å²) in [4.78, 5) is 12.6. The lowest BCUT2D eigenvalue weighted by atomic mass is 9.94. The number of alkyl halides is 2. The number of nitriles is 1. The molecule has 0 bridgehead atoms. The van der Waals surface area contributed by atoms with Crippen molar-refractivity contribution in [1.82, 2.24) is 15.1 Å². The standard InChI is InChI=1S/C17H21F2N5O/c1-10(2)16(17(25)23-12(4)13(5-20)6-21)11(3)14-7-22-24(8-14)9-15(18)19/h5,7-8,10,15,20H,9H2,1-4H3,(H,23,25)/b13-12+,16-11+,20-5?. The predicted octanol–water partition coefficient (Wildman–Crippen LogP) is 3.14. The second-order valence-corrected chi connectivity index (χ2v) is 5.78. The SMILES string of the molecule is C/C(NC(=O)/C(=C(\C)c1cnn(CC(F)F)c1)C(C)C)=C(\C#N)C=N. The van der Waals surface area contributed by atoms with Crippen LogP contribution in [0.1, 0.15) is 33.3 Å². The van der Waals surface area contributed by atoms with Crippen LogP contribution >= 0.6 is 0 Å². The quantitative estimate of drug-likeness (QED) is 0.450. The number of carbonyl (C=O) groups excluding carboxylic acids is 1. The lowest BCUT2D eigenvalue weighted by molar-refractivity contribution is -0.117. The fourth-order valence-electron chi connectivity index (χ4n) is 2.35. The fraction of sp³-hybridized carbons (Fsp3) is 0.412. The summed E-state index contributed by atoms with van der Waals surface area (Å²) in [6, 6.07) is 1.83. The number of aromatic nitrogens is 2. The lowest BCUT2D eigenvalue weighted by Gasteiger charge is -2.16. The zero-order valence-corrected chi connectivity index (χ0v) is 14.6. The average molecular weight is 349 g/mol. The van der Waals surface area contributed by atoms with E-state index < -0.39 is 18.9 Å². The highest BCUT2D eigenvalue weighted by Gasteiger charge is 2.19. The molecule has 6 nitrogen and oxygen atoms in total. The van der Waals surface area contributed by atoms with Crippen molar-refractivity contribution in [2.75, 3.05) is 0 Å². The van der Waals surface area contributed by atoms with Gasteiger partial charge in [-0.15, -0.1) is 0 Å². The molecule has 0 saturated carbocycles. The second kappa shape index (κ2) is 8.87. The molecule has 0 aliphatic rings. The highest BCUT2D eigenvalue weighted by molar-refractivity contribution is 6.02. The van der Waals surface area contributed by atoms with E-state index in [2.05, 4.69) is 10.4 Å². The van der Waals surface area contributed by atoms with Crippen molar-refractivity contribution in [3.8, 4) is 6.07 Å². The third-order valence-electron chi connectivity index (χ3n) is 3.59. The van der Waals surface area contributed by atoms with Crippen molar-refractivity contribution in [3.05, 3.63) is 34.8 Å². The van der Waals surface area contributed by atoms with Gasteiger partial charge in [-0.2, -0.15) is 10.4 Å². The molecule has 1 aromatic heterocycles. The van der Waals surface area contributed by atoms with Gasteiger partial charge in [0.05, 0.1) is 11.8 Å². The van der Waals surface area contributed by atoms with E-state index in [-0.39, 0.29) is 17.2 Å². The van der Waals surface area contributed by atoms with Crippen molar-refractivity contribution in [2.24, 2.45) is 5.92 Å². The molecule has 0 aliphatic carbocycles. The molecule has 25 heavy (non-hydrogen) atoms. The smallest absolute Gasteiger partial charge is 0.257 e. The van der Waals surface area contributed by atoms with E-state index in [4.69, 9.17) is 10.7 Å². The van der Waals surface area contributed by atoms with Gasteiger partial charge in [-0.1, -0.05) is 13.8 Å². The Labute approximate surface area is 145 Å². The number of nitrogens with zero attached hydrogens (tertiary/aromatic N) is 3. The first-order valence-corrected chi connectivity index (χ1v) is 7.65. The summed E-state index contributed by atoms with van der Waals surface area (Å²) in [7, 11) is 0. The molecule has 1 amide bonds. The van der Waals surface area contributed by atoms with E-state index in [9.17, 15) is 13.6 Å². The van der Waals surface area contributed by atoms with Crippen LogP contribution in [0.5, 0.6) is 0 Å². The minimum atomic E-state index is -2.51. The molecular weight excluding hydrogens is 328 g/mol. The van der Waals surface area contributed by atoms with Gasteiger partial charge in [-0.25, -0.2) is 8.78 Å². The number of rotatable bonds is 7. The molecule has 2 N–H and O–H groups in total. The molecular formula is C17H21F2N5O. The Bertz CT molecular complexity index is 753. The molecule has 0 aliphatic heterocycles. The topological polar surface area (TPSA) is 94.6 Å². The molecule has 0 fully saturated rings. The van der Waals surface area contributed by atoms with Crippen LogP contribution in [-0.4, -0.2) is 28.3 Å². The van der Waals surface area contributed by atoms with Crippen molar-refractivity contribution >= 4 is 17.7 Å². The van der Waals surface area contributed by atoms with Crippen molar-refractivity contribution < 1.29 is 13.6 Å². The third-order valence-corrected chi connectivity index (χ3v) is 3.59. The molecule has 134 valence electrons. The third kappa shape index (κ3) is 5.35. The van der Waals surface area contributed by atoms with Gasteiger partial charge in [0.1, 0.15) is 12.6 Å². The Morgan fingerprint density at radius 2 is 2.12 bits per heavy atom. The number of hydrogen-bond acceptors (Lipinski definition) is 4. The van der Waals surface area contributed by atoms with Crippen LogP contribution in [0.2, 0.25) is 0 Å². The minimum absolute atomic E-state index is 0.0545. The summed E-state index contributed by atoms with van der Waals surface area (Å²) < 4.78 is 26.0. The molecule has 0 atom stereocenters. The monoisotopic (exact) mass is 349 g/mol. The normalized spacial score (nSPS) is 13.2. The van der Waals surface area contributed by atoms with Crippen molar-refractivity contribution in [1.29, 1.82) is 10.7 Å². The zero-order valence-electron chi connectivity index (χ0n) is 14.6. The number of allylic oxidation sites excluding steroid dienone is 3. The molecule has 1 heterocycles. The molecule has 0 saturated heterocycles. The van der Waals surface area contributed by atoms with E-state index in [1.165, 1.54) is 19.3 Å². The maximum Gasteiger partial charge on any atom is 0.257 e. The highest BCUT2D eigenvalue weighted by atomic mass is 19.3. The first kappa shape index (κ1) is 20.2. The molecule has 1 aromatic rings. The number of hydrogen-bond donors (Lipinski definition) is 2. The highest BCUT2D eigenvalue weighted by Crippen LogP contribution is 2.24. The van der Waals surface area contributed by atoms with Crippen LogP contribution in [0, 0.1) is 22.7 Å². The number of halogens is 2. The van der Waals surface area contributed by atoms with E-state index in [0.717, 1.165) is 10.9 Å². The molecule has 8 heteroatoms. The second-order valence-electron chi connectivity index (χ2n) is 5.78. The van der Waals surface area contributed by atoms with Crippen molar-refractivity contribution in [3.63, 3.8) is 0 Å². The number of amides is 1. The van der Waals surface area contributed by atoms with Gasteiger partial charge < -0.3 is 10.7 Å². The van der Waals surface area contributed by atoms with Crippen LogP contribution < -0.4 is 5.32 Å². The predicted molar refractivity (Wildman–Crippen MR) is 90.9 cm³/mol. The maximum absolute atomic E-state index is 12.6. The summed E-state index contributed by atoms with van der Waals surface area (Å²) in [6.45, 7) is 6.42. The van der Waals surface area contributed by atoms with Crippen LogP contribution in [0.4, 0.5) is 8.78 Å². The zero-order chi connectivity index (χ0) is 19.1. The van der Waals surface area contributed by atoms with Crippen LogP contribution in [0.25, 0.3) is 5.57 Å². The summed E-state index contributed by atoms with van der Waals surface area (Å²) in [6.07, 6.45) is 1.27. The Kier molecular flexibility index (Phi) is 7.18. The Morgan fingerprint density at radius 1 is 1.48 bits per heavy atom. The molecule has 1 rings (SSSR count). The van der Waals surface area contributed by atoms with Gasteiger partial charge in [0.2, 0.25) is 0 Å². The minimum Gasteiger partial charge on any atom is -0.325 e. The molecule has 0 unspecified atom stereocenters. The van der Waals surface area contributed by atoms with Crippen LogP contribution in [0.3, 0.4) is 0 Å².